The van der Waals surface area contributed by atoms with Crippen molar-refractivity contribution in [2.45, 2.75) is 23.3 Å². The second kappa shape index (κ2) is 7.03. The van der Waals surface area contributed by atoms with E-state index in [2.05, 4.69) is 5.32 Å². The molecule has 1 aliphatic carbocycles. The van der Waals surface area contributed by atoms with E-state index in [1.54, 1.807) is 12.1 Å². The number of thiophene rings is 1. The highest BCUT2D eigenvalue weighted by molar-refractivity contribution is 8.00. The van der Waals surface area contributed by atoms with Gasteiger partial charge in [-0.15, -0.1) is 23.1 Å². The van der Waals surface area contributed by atoms with E-state index in [4.69, 9.17) is 0 Å². The average molecular weight is 351 g/mol. The first-order chi connectivity index (χ1) is 11.1. The number of nitrogens with one attached hydrogen (secondary N) is 1. The van der Waals surface area contributed by atoms with E-state index in [0.717, 1.165) is 22.6 Å². The SMILES string of the molecule is O=C(CSc1ccc(F)cc1)NC[C@](O)(c1cccs1)C1CC1. The van der Waals surface area contributed by atoms with E-state index in [-0.39, 0.29) is 29.9 Å². The quantitative estimate of drug-likeness (QED) is 0.752. The number of rotatable bonds is 7. The van der Waals surface area contributed by atoms with Gasteiger partial charge in [0, 0.05) is 9.77 Å². The van der Waals surface area contributed by atoms with Crippen molar-refractivity contribution in [1.82, 2.24) is 5.32 Å². The van der Waals surface area contributed by atoms with Gasteiger partial charge in [0.25, 0.3) is 0 Å². The van der Waals surface area contributed by atoms with Gasteiger partial charge in [-0.05, 0) is 54.5 Å². The maximum absolute atomic E-state index is 12.8. The highest BCUT2D eigenvalue weighted by atomic mass is 32.2. The number of halogens is 1. The van der Waals surface area contributed by atoms with Crippen LogP contribution in [0.15, 0.2) is 46.7 Å². The van der Waals surface area contributed by atoms with Gasteiger partial charge < -0.3 is 10.4 Å². The molecule has 1 atom stereocenters. The van der Waals surface area contributed by atoms with E-state index < -0.39 is 5.60 Å². The van der Waals surface area contributed by atoms with Crippen molar-refractivity contribution in [2.75, 3.05) is 12.3 Å². The molecular formula is C17H18FNO2S2. The number of benzene rings is 1. The Balaban J connectivity index is 1.52. The fourth-order valence-corrected chi connectivity index (χ4v) is 4.11. The third-order valence-corrected chi connectivity index (χ3v) is 5.99. The first-order valence-electron chi connectivity index (χ1n) is 7.49. The maximum Gasteiger partial charge on any atom is 0.230 e. The largest absolute Gasteiger partial charge is 0.382 e. The second-order valence-electron chi connectivity index (χ2n) is 5.70. The van der Waals surface area contributed by atoms with Gasteiger partial charge in [0.2, 0.25) is 5.91 Å². The standard InChI is InChI=1S/C17H18FNO2S2/c18-13-5-7-14(8-6-13)23-10-16(20)19-11-17(21,12-3-4-12)15-2-1-9-22-15/h1-2,5-9,12,21H,3-4,10-11H2,(H,19,20)/t17-/m1/s1. The van der Waals surface area contributed by atoms with Crippen LogP contribution < -0.4 is 5.32 Å². The first kappa shape index (κ1) is 16.5. The van der Waals surface area contributed by atoms with Crippen LogP contribution in [0.2, 0.25) is 0 Å². The summed E-state index contributed by atoms with van der Waals surface area (Å²) in [6.45, 7) is 0.237. The molecule has 1 saturated carbocycles. The number of hydrogen-bond donors (Lipinski definition) is 2. The highest BCUT2D eigenvalue weighted by Gasteiger charge is 2.45. The Morgan fingerprint density at radius 3 is 2.70 bits per heavy atom. The fraction of sp³-hybridized carbons (Fsp3) is 0.353. The van der Waals surface area contributed by atoms with Crippen molar-refractivity contribution >= 4 is 29.0 Å². The van der Waals surface area contributed by atoms with Gasteiger partial charge in [-0.25, -0.2) is 4.39 Å². The zero-order valence-corrected chi connectivity index (χ0v) is 14.1. The Morgan fingerprint density at radius 1 is 1.35 bits per heavy atom. The number of carbonyl (C=O) groups is 1. The molecule has 3 rings (SSSR count). The molecule has 0 unspecified atom stereocenters. The molecule has 1 aromatic carbocycles. The van der Waals surface area contributed by atoms with Crippen molar-refractivity contribution in [3.05, 3.63) is 52.5 Å². The Kier molecular flexibility index (Phi) is 5.04. The predicted molar refractivity (Wildman–Crippen MR) is 91.1 cm³/mol. The van der Waals surface area contributed by atoms with E-state index in [1.165, 1.54) is 35.2 Å². The molecule has 23 heavy (non-hydrogen) atoms. The molecule has 1 amide bonds. The highest BCUT2D eigenvalue weighted by Crippen LogP contribution is 2.46. The predicted octanol–water partition coefficient (Wildman–Crippen LogP) is 3.39. The molecule has 1 heterocycles. The van der Waals surface area contributed by atoms with Crippen molar-refractivity contribution in [3.63, 3.8) is 0 Å². The third-order valence-electron chi connectivity index (χ3n) is 3.94. The molecule has 1 fully saturated rings. The van der Waals surface area contributed by atoms with Crippen molar-refractivity contribution < 1.29 is 14.3 Å². The van der Waals surface area contributed by atoms with Gasteiger partial charge in [-0.3, -0.25) is 4.79 Å². The minimum absolute atomic E-state index is 0.130. The van der Waals surface area contributed by atoms with Crippen LogP contribution in [0.3, 0.4) is 0 Å². The number of thioether (sulfide) groups is 1. The van der Waals surface area contributed by atoms with Crippen LogP contribution in [0.1, 0.15) is 17.7 Å². The van der Waals surface area contributed by atoms with Crippen LogP contribution in [0.25, 0.3) is 0 Å². The molecule has 0 bridgehead atoms. The van der Waals surface area contributed by atoms with Gasteiger partial charge in [0.05, 0.1) is 12.3 Å². The first-order valence-corrected chi connectivity index (χ1v) is 9.36. The van der Waals surface area contributed by atoms with E-state index >= 15 is 0 Å². The van der Waals surface area contributed by atoms with Crippen LogP contribution in [-0.4, -0.2) is 23.3 Å². The van der Waals surface area contributed by atoms with Gasteiger partial charge in [0.15, 0.2) is 0 Å². The Bertz CT molecular complexity index is 656. The fourth-order valence-electron chi connectivity index (χ4n) is 2.48. The number of hydrogen-bond acceptors (Lipinski definition) is 4. The lowest BCUT2D eigenvalue weighted by Gasteiger charge is -2.27. The van der Waals surface area contributed by atoms with Gasteiger partial charge in [-0.2, -0.15) is 0 Å². The maximum atomic E-state index is 12.8. The Morgan fingerprint density at radius 2 is 2.09 bits per heavy atom. The number of carbonyl (C=O) groups excluding carboxylic acids is 1. The van der Waals surface area contributed by atoms with Gasteiger partial charge in [0.1, 0.15) is 11.4 Å². The van der Waals surface area contributed by atoms with E-state index in [9.17, 15) is 14.3 Å². The summed E-state index contributed by atoms with van der Waals surface area (Å²) >= 11 is 2.87. The summed E-state index contributed by atoms with van der Waals surface area (Å²) < 4.78 is 12.8. The molecule has 6 heteroatoms. The minimum Gasteiger partial charge on any atom is -0.382 e. The number of aliphatic hydroxyl groups is 1. The summed E-state index contributed by atoms with van der Waals surface area (Å²) in [6, 6.07) is 9.90. The summed E-state index contributed by atoms with van der Waals surface area (Å²) in [5, 5.41) is 15.7. The summed E-state index contributed by atoms with van der Waals surface area (Å²) in [6.07, 6.45) is 1.99. The van der Waals surface area contributed by atoms with E-state index in [1.807, 2.05) is 17.5 Å². The van der Waals surface area contributed by atoms with Gasteiger partial charge in [-0.1, -0.05) is 6.07 Å². The van der Waals surface area contributed by atoms with Crippen molar-refractivity contribution in [1.29, 1.82) is 0 Å². The molecule has 122 valence electrons. The smallest absolute Gasteiger partial charge is 0.230 e. The summed E-state index contributed by atoms with van der Waals surface area (Å²) in [5.74, 6) is 0.0574. The third kappa shape index (κ3) is 4.13. The molecule has 0 radical (unpaired) electrons. The summed E-state index contributed by atoms with van der Waals surface area (Å²) in [4.78, 5) is 13.8. The van der Waals surface area contributed by atoms with Gasteiger partial charge >= 0.3 is 0 Å². The van der Waals surface area contributed by atoms with Crippen LogP contribution >= 0.6 is 23.1 Å². The lowest BCUT2D eigenvalue weighted by Crippen LogP contribution is -2.42. The summed E-state index contributed by atoms with van der Waals surface area (Å²) in [5.41, 5.74) is -0.954. The zero-order chi connectivity index (χ0) is 16.3. The molecule has 2 N–H and O–H groups in total. The second-order valence-corrected chi connectivity index (χ2v) is 7.69. The molecule has 2 aromatic rings. The van der Waals surface area contributed by atoms with Crippen LogP contribution in [0.4, 0.5) is 4.39 Å². The zero-order valence-electron chi connectivity index (χ0n) is 12.5. The van der Waals surface area contributed by atoms with Crippen LogP contribution in [0.5, 0.6) is 0 Å². The topological polar surface area (TPSA) is 49.3 Å². The Hall–Kier alpha value is -1.37. The van der Waals surface area contributed by atoms with E-state index in [0.29, 0.717) is 0 Å². The lowest BCUT2D eigenvalue weighted by molar-refractivity contribution is -0.120. The lowest BCUT2D eigenvalue weighted by atomic mass is 9.95. The molecule has 3 nitrogen and oxygen atoms in total. The average Bonchev–Trinajstić information content (AvgIpc) is 3.27. The molecular weight excluding hydrogens is 333 g/mol. The van der Waals surface area contributed by atoms with Crippen LogP contribution in [-0.2, 0) is 10.4 Å². The molecule has 1 aliphatic rings. The Labute approximate surface area is 142 Å². The molecule has 0 saturated heterocycles. The van der Waals surface area contributed by atoms with Crippen LogP contribution in [0, 0.1) is 11.7 Å². The molecule has 0 spiro atoms. The number of amides is 1. The minimum atomic E-state index is -0.954. The van der Waals surface area contributed by atoms with Crippen molar-refractivity contribution in [3.8, 4) is 0 Å². The molecule has 1 aromatic heterocycles. The molecule has 0 aliphatic heterocycles. The van der Waals surface area contributed by atoms with Crippen molar-refractivity contribution in [2.24, 2.45) is 5.92 Å². The monoisotopic (exact) mass is 351 g/mol. The summed E-state index contributed by atoms with van der Waals surface area (Å²) in [7, 11) is 0. The normalized spacial score (nSPS) is 16.8.